The summed E-state index contributed by atoms with van der Waals surface area (Å²) in [5.41, 5.74) is 3.45. The number of amides is 4. The topological polar surface area (TPSA) is 103 Å². The van der Waals surface area contributed by atoms with E-state index in [2.05, 4.69) is 15.6 Å². The lowest BCUT2D eigenvalue weighted by Crippen LogP contribution is -2.52. The van der Waals surface area contributed by atoms with E-state index in [1.807, 2.05) is 36.9 Å². The van der Waals surface area contributed by atoms with Crippen molar-refractivity contribution in [3.8, 4) is 5.75 Å². The Balaban J connectivity index is 1.39. The van der Waals surface area contributed by atoms with E-state index in [1.165, 1.54) is 30.6 Å². The van der Waals surface area contributed by atoms with Gasteiger partial charge in [-0.05, 0) is 69.1 Å². The van der Waals surface area contributed by atoms with Crippen molar-refractivity contribution >= 4 is 34.9 Å². The normalized spacial score (nSPS) is 22.7. The van der Waals surface area contributed by atoms with Crippen LogP contribution in [0.25, 0.3) is 0 Å². The minimum absolute atomic E-state index is 0.0644. The average Bonchev–Trinajstić information content (AvgIpc) is 3.28. The summed E-state index contributed by atoms with van der Waals surface area (Å²) >= 11 is 0. The number of para-hydroxylation sites is 1. The van der Waals surface area contributed by atoms with E-state index in [1.54, 1.807) is 31.4 Å². The maximum Gasteiger partial charge on any atom is 0.321 e. The molecule has 0 aromatic heterocycles. The summed E-state index contributed by atoms with van der Waals surface area (Å²) in [4.78, 5) is 48.4. The molecule has 3 fully saturated rings. The van der Waals surface area contributed by atoms with E-state index < -0.39 is 18.1 Å². The molecular weight excluding hydrogens is 482 g/mol. The van der Waals surface area contributed by atoms with E-state index in [9.17, 15) is 14.4 Å². The molecule has 3 aliphatic heterocycles. The van der Waals surface area contributed by atoms with Crippen molar-refractivity contribution in [1.29, 1.82) is 0 Å². The first-order valence-electron chi connectivity index (χ1n) is 13.3. The number of urea groups is 1. The van der Waals surface area contributed by atoms with Crippen LogP contribution in [0.15, 0.2) is 47.5 Å². The number of aliphatic imine (C=N–C) groups is 1. The molecule has 4 amide bonds. The molecule has 6 rings (SSSR count). The molecule has 1 saturated carbocycles. The van der Waals surface area contributed by atoms with Crippen molar-refractivity contribution in [1.82, 2.24) is 10.2 Å². The van der Waals surface area contributed by atoms with Gasteiger partial charge in [0.05, 0.1) is 12.8 Å². The fourth-order valence-electron chi connectivity index (χ4n) is 5.86. The summed E-state index contributed by atoms with van der Waals surface area (Å²) in [6, 6.07) is 12.1. The van der Waals surface area contributed by atoms with Crippen LogP contribution in [0.1, 0.15) is 43.7 Å². The predicted molar refractivity (Wildman–Crippen MR) is 147 cm³/mol. The molecule has 9 heteroatoms. The molecule has 9 nitrogen and oxygen atoms in total. The summed E-state index contributed by atoms with van der Waals surface area (Å²) in [5.74, 6) is 1.16. The molecular formula is C29H35N5O4. The summed E-state index contributed by atoms with van der Waals surface area (Å²) in [7, 11) is 1.55. The molecule has 1 atom stereocenters. The van der Waals surface area contributed by atoms with Gasteiger partial charge in [0.15, 0.2) is 0 Å². The zero-order valence-corrected chi connectivity index (χ0v) is 22.2. The van der Waals surface area contributed by atoms with Crippen LogP contribution in [0.3, 0.4) is 0 Å². The van der Waals surface area contributed by atoms with Gasteiger partial charge in [-0.2, -0.15) is 0 Å². The maximum absolute atomic E-state index is 13.9. The second-order valence-electron chi connectivity index (χ2n) is 10.5. The van der Waals surface area contributed by atoms with Gasteiger partial charge in [-0.15, -0.1) is 0 Å². The minimum Gasteiger partial charge on any atom is -0.497 e. The predicted octanol–water partition coefficient (Wildman–Crippen LogP) is 3.96. The van der Waals surface area contributed by atoms with Gasteiger partial charge >= 0.3 is 6.03 Å². The van der Waals surface area contributed by atoms with Crippen molar-refractivity contribution in [2.24, 2.45) is 16.8 Å². The number of nitrogens with one attached hydrogen (secondary N) is 2. The molecule has 2 N–H and O–H groups in total. The fraction of sp³-hybridized carbons (Fsp3) is 0.448. The summed E-state index contributed by atoms with van der Waals surface area (Å²) < 4.78 is 5.22. The van der Waals surface area contributed by atoms with Gasteiger partial charge in [0, 0.05) is 36.1 Å². The number of methoxy groups -OCH3 is 1. The molecule has 3 heterocycles. The first kappa shape index (κ1) is 25.8. The molecule has 2 saturated heterocycles. The number of rotatable bonds is 5. The quantitative estimate of drug-likeness (QED) is 0.627. The van der Waals surface area contributed by atoms with Crippen LogP contribution in [0.2, 0.25) is 0 Å². The summed E-state index contributed by atoms with van der Waals surface area (Å²) in [5, 5.41) is 5.44. The Labute approximate surface area is 223 Å². The number of aryl methyl sites for hydroxylation is 1. The monoisotopic (exact) mass is 517 g/mol. The number of hydrogen-bond acceptors (Lipinski definition) is 5. The Bertz CT molecular complexity index is 1250. The van der Waals surface area contributed by atoms with Crippen LogP contribution in [0, 0.1) is 18.8 Å². The van der Waals surface area contributed by atoms with Gasteiger partial charge in [-0.1, -0.05) is 24.3 Å². The Morgan fingerprint density at radius 2 is 1.71 bits per heavy atom. The number of fused-ring (bicyclic) bond motifs is 5. The molecule has 2 bridgehead atoms. The molecule has 0 unspecified atom stereocenters. The molecule has 2 aromatic rings. The van der Waals surface area contributed by atoms with Gasteiger partial charge in [0.25, 0.3) is 5.91 Å². The SMILES string of the molecule is COc1cccc(NC(=O)N[C@@H]2N=C(C)c3cccc(C)c3N(CC(=O)N3CC4CCC(CC4)C3)C2=O)c1. The third-order valence-corrected chi connectivity index (χ3v) is 7.89. The van der Waals surface area contributed by atoms with Gasteiger partial charge in [0.1, 0.15) is 12.3 Å². The van der Waals surface area contributed by atoms with E-state index >= 15 is 0 Å². The third kappa shape index (κ3) is 5.37. The van der Waals surface area contributed by atoms with Crippen LogP contribution >= 0.6 is 0 Å². The van der Waals surface area contributed by atoms with Crippen molar-refractivity contribution in [2.45, 2.75) is 45.7 Å². The second kappa shape index (κ2) is 10.8. The molecule has 0 spiro atoms. The highest BCUT2D eigenvalue weighted by atomic mass is 16.5. The molecule has 4 aliphatic rings. The number of benzene rings is 2. The number of hydrogen-bond donors (Lipinski definition) is 2. The standard InChI is InChI=1S/C29H35N5O4/c1-18-6-4-9-24-19(2)30-27(32-29(37)31-22-7-5-8-23(14-22)38-3)28(36)34(26(18)24)17-25(35)33-15-20-10-11-21(16-33)13-12-20/h4-9,14,20-21,27H,10-13,15-17H2,1-3H3,(H2,31,32,37)/t20?,21?,27-/m0/s1. The number of ether oxygens (including phenoxy) is 1. The zero-order chi connectivity index (χ0) is 26.8. The van der Waals surface area contributed by atoms with Crippen molar-refractivity contribution in [3.05, 3.63) is 53.6 Å². The highest BCUT2D eigenvalue weighted by Crippen LogP contribution is 2.34. The number of nitrogens with zero attached hydrogens (tertiary/aromatic N) is 3. The molecule has 0 radical (unpaired) electrons. The van der Waals surface area contributed by atoms with Crippen LogP contribution < -0.4 is 20.3 Å². The van der Waals surface area contributed by atoms with E-state index in [-0.39, 0.29) is 12.5 Å². The van der Waals surface area contributed by atoms with Crippen LogP contribution in [0.4, 0.5) is 16.2 Å². The first-order valence-corrected chi connectivity index (χ1v) is 13.3. The van der Waals surface area contributed by atoms with Crippen LogP contribution in [-0.4, -0.2) is 61.4 Å². The van der Waals surface area contributed by atoms with Gasteiger partial charge in [-0.3, -0.25) is 19.5 Å². The van der Waals surface area contributed by atoms with Gasteiger partial charge < -0.3 is 20.3 Å². The number of carbonyl (C=O) groups is 3. The minimum atomic E-state index is -1.18. The van der Waals surface area contributed by atoms with Gasteiger partial charge in [-0.25, -0.2) is 4.79 Å². The lowest BCUT2D eigenvalue weighted by Gasteiger charge is -2.30. The van der Waals surface area contributed by atoms with E-state index in [0.29, 0.717) is 34.7 Å². The molecule has 1 aliphatic carbocycles. The Hall–Kier alpha value is -3.88. The van der Waals surface area contributed by atoms with E-state index in [4.69, 9.17) is 4.74 Å². The Morgan fingerprint density at radius 1 is 1.03 bits per heavy atom. The molecule has 38 heavy (non-hydrogen) atoms. The summed E-state index contributed by atoms with van der Waals surface area (Å²) in [6.45, 7) is 5.15. The summed E-state index contributed by atoms with van der Waals surface area (Å²) in [6.07, 6.45) is 3.49. The average molecular weight is 518 g/mol. The van der Waals surface area contributed by atoms with E-state index in [0.717, 1.165) is 24.2 Å². The third-order valence-electron chi connectivity index (χ3n) is 7.89. The smallest absolute Gasteiger partial charge is 0.321 e. The highest BCUT2D eigenvalue weighted by molar-refractivity contribution is 6.14. The molecule has 200 valence electrons. The van der Waals surface area contributed by atoms with Crippen molar-refractivity contribution < 1.29 is 19.1 Å². The Kier molecular flexibility index (Phi) is 7.35. The largest absolute Gasteiger partial charge is 0.497 e. The number of benzodiazepines with no additional fused rings is 1. The second-order valence-corrected chi connectivity index (χ2v) is 10.5. The Morgan fingerprint density at radius 3 is 2.39 bits per heavy atom. The number of carbonyl (C=O) groups excluding carboxylic acids is 3. The lowest BCUT2D eigenvalue weighted by atomic mass is 9.84. The van der Waals surface area contributed by atoms with Crippen LogP contribution in [-0.2, 0) is 9.59 Å². The zero-order valence-electron chi connectivity index (χ0n) is 22.2. The molecule has 2 aromatic carbocycles. The fourth-order valence-corrected chi connectivity index (χ4v) is 5.86. The lowest BCUT2D eigenvalue weighted by molar-refractivity contribution is -0.132. The number of anilines is 2. The maximum atomic E-state index is 13.9. The van der Waals surface area contributed by atoms with Crippen LogP contribution in [0.5, 0.6) is 5.75 Å². The van der Waals surface area contributed by atoms with Crippen molar-refractivity contribution in [2.75, 3.05) is 37.0 Å². The first-order chi connectivity index (χ1) is 18.3. The van der Waals surface area contributed by atoms with Crippen molar-refractivity contribution in [3.63, 3.8) is 0 Å². The highest BCUT2D eigenvalue weighted by Gasteiger charge is 2.37. The van der Waals surface area contributed by atoms with Gasteiger partial charge in [0.2, 0.25) is 12.1 Å².